The SMILES string of the molecule is C[C@@H]1C(=O)N(S(C)(=O)=O)C2CNC[C@H]21. The summed E-state index contributed by atoms with van der Waals surface area (Å²) in [6.45, 7) is 3.13. The summed E-state index contributed by atoms with van der Waals surface area (Å²) >= 11 is 0. The lowest BCUT2D eigenvalue weighted by Gasteiger charge is -2.20. The Hall–Kier alpha value is -0.620. The van der Waals surface area contributed by atoms with Crippen molar-refractivity contribution in [2.75, 3.05) is 19.3 Å². The number of carbonyl (C=O) groups excluding carboxylic acids is 1. The average molecular weight is 218 g/mol. The van der Waals surface area contributed by atoms with Gasteiger partial charge in [-0.25, -0.2) is 12.7 Å². The maximum Gasteiger partial charge on any atom is 0.239 e. The van der Waals surface area contributed by atoms with Gasteiger partial charge in [-0.15, -0.1) is 0 Å². The zero-order valence-corrected chi connectivity index (χ0v) is 9.04. The molecule has 80 valence electrons. The van der Waals surface area contributed by atoms with Crippen LogP contribution in [0.2, 0.25) is 0 Å². The van der Waals surface area contributed by atoms with E-state index in [1.807, 2.05) is 0 Å². The minimum absolute atomic E-state index is 0.150. The molecule has 2 aliphatic rings. The van der Waals surface area contributed by atoms with Crippen LogP contribution in [0.15, 0.2) is 0 Å². The third-order valence-corrected chi connectivity index (χ3v) is 4.30. The molecule has 2 heterocycles. The zero-order valence-electron chi connectivity index (χ0n) is 8.23. The van der Waals surface area contributed by atoms with Crippen LogP contribution in [-0.4, -0.2) is 44.0 Å². The van der Waals surface area contributed by atoms with Crippen molar-refractivity contribution in [1.29, 1.82) is 0 Å². The van der Waals surface area contributed by atoms with Crippen molar-refractivity contribution in [3.63, 3.8) is 0 Å². The lowest BCUT2D eigenvalue weighted by Crippen LogP contribution is -2.41. The fourth-order valence-electron chi connectivity index (χ4n) is 2.41. The van der Waals surface area contributed by atoms with Crippen LogP contribution in [0, 0.1) is 11.8 Å². The highest BCUT2D eigenvalue weighted by molar-refractivity contribution is 7.88. The first-order chi connectivity index (χ1) is 6.43. The predicted molar refractivity (Wildman–Crippen MR) is 51.0 cm³/mol. The number of hydrogen-bond acceptors (Lipinski definition) is 4. The number of sulfonamides is 1. The van der Waals surface area contributed by atoms with Crippen LogP contribution in [0.25, 0.3) is 0 Å². The first-order valence-corrected chi connectivity index (χ1v) is 6.51. The minimum atomic E-state index is -3.40. The summed E-state index contributed by atoms with van der Waals surface area (Å²) in [5, 5.41) is 3.12. The molecule has 2 saturated heterocycles. The van der Waals surface area contributed by atoms with E-state index in [2.05, 4.69) is 5.32 Å². The number of hydrogen-bond donors (Lipinski definition) is 1. The minimum Gasteiger partial charge on any atom is -0.314 e. The van der Waals surface area contributed by atoms with Crippen molar-refractivity contribution in [2.24, 2.45) is 11.8 Å². The maximum atomic E-state index is 11.7. The van der Waals surface area contributed by atoms with Gasteiger partial charge in [0.15, 0.2) is 0 Å². The Bertz CT molecular complexity index is 365. The summed E-state index contributed by atoms with van der Waals surface area (Å²) in [4.78, 5) is 11.7. The Morgan fingerprint density at radius 2 is 2.07 bits per heavy atom. The van der Waals surface area contributed by atoms with Gasteiger partial charge in [0.05, 0.1) is 12.3 Å². The standard InChI is InChI=1S/C8H14N2O3S/c1-5-6-3-9-4-7(6)10(8(5)11)14(2,12)13/h5-7,9H,3-4H2,1-2H3/t5-,6-,7?/m0/s1. The van der Waals surface area contributed by atoms with Gasteiger partial charge in [-0.2, -0.15) is 0 Å². The first-order valence-electron chi connectivity index (χ1n) is 4.67. The lowest BCUT2D eigenvalue weighted by molar-refractivity contribution is -0.127. The van der Waals surface area contributed by atoms with Crippen LogP contribution in [-0.2, 0) is 14.8 Å². The summed E-state index contributed by atoms with van der Waals surface area (Å²) in [7, 11) is -3.40. The maximum absolute atomic E-state index is 11.7. The smallest absolute Gasteiger partial charge is 0.239 e. The molecule has 2 aliphatic heterocycles. The van der Waals surface area contributed by atoms with Crippen LogP contribution in [0.1, 0.15) is 6.92 Å². The molecule has 0 aliphatic carbocycles. The molecule has 3 atom stereocenters. The molecule has 5 nitrogen and oxygen atoms in total. The second-order valence-corrected chi connectivity index (χ2v) is 5.93. The number of rotatable bonds is 1. The van der Waals surface area contributed by atoms with E-state index >= 15 is 0 Å². The normalized spacial score (nSPS) is 37.7. The van der Waals surface area contributed by atoms with Gasteiger partial charge < -0.3 is 5.32 Å². The number of carbonyl (C=O) groups is 1. The third kappa shape index (κ3) is 1.25. The highest BCUT2D eigenvalue weighted by atomic mass is 32.2. The fourth-order valence-corrected chi connectivity index (χ4v) is 3.62. The van der Waals surface area contributed by atoms with E-state index in [-0.39, 0.29) is 23.8 Å². The van der Waals surface area contributed by atoms with Crippen LogP contribution >= 0.6 is 0 Å². The van der Waals surface area contributed by atoms with Gasteiger partial charge >= 0.3 is 0 Å². The summed E-state index contributed by atoms with van der Waals surface area (Å²) in [5.74, 6) is -0.272. The Labute approximate surface area is 83.5 Å². The van der Waals surface area contributed by atoms with E-state index in [1.165, 1.54) is 0 Å². The van der Waals surface area contributed by atoms with Crippen LogP contribution < -0.4 is 5.32 Å². The van der Waals surface area contributed by atoms with Crippen molar-refractivity contribution in [3.05, 3.63) is 0 Å². The first kappa shape index (κ1) is 9.92. The molecule has 0 aromatic carbocycles. The molecule has 14 heavy (non-hydrogen) atoms. The topological polar surface area (TPSA) is 66.5 Å². The second kappa shape index (κ2) is 2.93. The van der Waals surface area contributed by atoms with Gasteiger partial charge in [-0.05, 0) is 0 Å². The second-order valence-electron chi connectivity index (χ2n) is 4.08. The Morgan fingerprint density at radius 1 is 1.43 bits per heavy atom. The summed E-state index contributed by atoms with van der Waals surface area (Å²) < 4.78 is 23.9. The Balaban J connectivity index is 2.38. The fraction of sp³-hybridized carbons (Fsp3) is 0.875. The number of nitrogens with one attached hydrogen (secondary N) is 1. The van der Waals surface area contributed by atoms with E-state index in [9.17, 15) is 13.2 Å². The quantitative estimate of drug-likeness (QED) is 0.614. The molecule has 0 aromatic heterocycles. The largest absolute Gasteiger partial charge is 0.314 e. The van der Waals surface area contributed by atoms with E-state index < -0.39 is 10.0 Å². The molecule has 0 saturated carbocycles. The van der Waals surface area contributed by atoms with Gasteiger partial charge in [0, 0.05) is 24.9 Å². The van der Waals surface area contributed by atoms with Gasteiger partial charge in [0.2, 0.25) is 15.9 Å². The molecule has 6 heteroatoms. The zero-order chi connectivity index (χ0) is 10.5. The Kier molecular flexibility index (Phi) is 2.08. The van der Waals surface area contributed by atoms with E-state index in [1.54, 1.807) is 6.92 Å². The van der Waals surface area contributed by atoms with Crippen LogP contribution in [0.5, 0.6) is 0 Å². The monoisotopic (exact) mass is 218 g/mol. The van der Waals surface area contributed by atoms with Crippen molar-refractivity contribution >= 4 is 15.9 Å². The predicted octanol–water partition coefficient (Wildman–Crippen LogP) is -0.988. The lowest BCUT2D eigenvalue weighted by atomic mass is 9.95. The average Bonchev–Trinajstić information content (AvgIpc) is 2.55. The van der Waals surface area contributed by atoms with Crippen LogP contribution in [0.3, 0.4) is 0 Å². The molecule has 0 spiro atoms. The summed E-state index contributed by atoms with van der Waals surface area (Å²) in [6.07, 6.45) is 1.10. The Morgan fingerprint density at radius 3 is 2.64 bits per heavy atom. The van der Waals surface area contributed by atoms with Crippen LogP contribution in [0.4, 0.5) is 0 Å². The van der Waals surface area contributed by atoms with Gasteiger partial charge in [-0.1, -0.05) is 6.92 Å². The molecule has 1 amide bonds. The molecule has 1 N–H and O–H groups in total. The molecule has 0 bridgehead atoms. The number of fused-ring (bicyclic) bond motifs is 1. The molecule has 0 aromatic rings. The highest BCUT2D eigenvalue weighted by Gasteiger charge is 2.51. The van der Waals surface area contributed by atoms with Crippen molar-refractivity contribution in [1.82, 2.24) is 9.62 Å². The molecular formula is C8H14N2O3S. The molecule has 1 unspecified atom stereocenters. The van der Waals surface area contributed by atoms with Crippen molar-refractivity contribution < 1.29 is 13.2 Å². The number of nitrogens with zero attached hydrogens (tertiary/aromatic N) is 1. The highest BCUT2D eigenvalue weighted by Crippen LogP contribution is 2.34. The number of amides is 1. The molecular weight excluding hydrogens is 204 g/mol. The van der Waals surface area contributed by atoms with Gasteiger partial charge in [-0.3, -0.25) is 4.79 Å². The van der Waals surface area contributed by atoms with E-state index in [4.69, 9.17) is 0 Å². The van der Waals surface area contributed by atoms with Crippen molar-refractivity contribution in [2.45, 2.75) is 13.0 Å². The third-order valence-electron chi connectivity index (χ3n) is 3.14. The molecule has 2 rings (SSSR count). The molecule has 2 fully saturated rings. The summed E-state index contributed by atoms with van der Waals surface area (Å²) in [6, 6.07) is -0.160. The van der Waals surface area contributed by atoms with E-state index in [0.717, 1.165) is 17.1 Å². The van der Waals surface area contributed by atoms with E-state index in [0.29, 0.717) is 6.54 Å². The molecule has 0 radical (unpaired) electrons. The van der Waals surface area contributed by atoms with Crippen molar-refractivity contribution in [3.8, 4) is 0 Å². The van der Waals surface area contributed by atoms with Gasteiger partial charge in [0.25, 0.3) is 0 Å². The van der Waals surface area contributed by atoms with Gasteiger partial charge in [0.1, 0.15) is 0 Å². The summed E-state index contributed by atoms with van der Waals surface area (Å²) in [5.41, 5.74) is 0.